The van der Waals surface area contributed by atoms with Gasteiger partial charge in [0, 0.05) is 17.8 Å². The third-order valence-corrected chi connectivity index (χ3v) is 2.82. The van der Waals surface area contributed by atoms with E-state index in [0.29, 0.717) is 5.69 Å². The van der Waals surface area contributed by atoms with Crippen molar-refractivity contribution >= 4 is 28.9 Å². The summed E-state index contributed by atoms with van der Waals surface area (Å²) >= 11 is 5.68. The summed E-state index contributed by atoms with van der Waals surface area (Å²) in [4.78, 5) is 22.1. The third-order valence-electron chi connectivity index (χ3n) is 2.54. The summed E-state index contributed by atoms with van der Waals surface area (Å²) in [6.07, 6.45) is 0. The zero-order chi connectivity index (χ0) is 14.7. The first-order valence-corrected chi connectivity index (χ1v) is 5.90. The molecule has 2 aromatic carbocycles. The fraction of sp³-hybridized carbons (Fsp3) is 0. The van der Waals surface area contributed by atoms with Crippen LogP contribution in [0.5, 0.6) is 5.75 Å². The zero-order valence-corrected chi connectivity index (χ0v) is 10.8. The molecule has 0 heterocycles. The summed E-state index contributed by atoms with van der Waals surface area (Å²) in [6, 6.07) is 10.5. The minimum atomic E-state index is -0.690. The van der Waals surface area contributed by atoms with E-state index in [1.54, 1.807) is 30.3 Å². The number of phenolic OH excluding ortho intramolecular Hbond substituents is 1. The monoisotopic (exact) mass is 292 g/mol. The van der Waals surface area contributed by atoms with Crippen LogP contribution in [0.15, 0.2) is 42.5 Å². The molecule has 0 saturated heterocycles. The first kappa shape index (κ1) is 13.8. The van der Waals surface area contributed by atoms with Crippen LogP contribution < -0.4 is 5.32 Å². The topological polar surface area (TPSA) is 92.5 Å². The maximum absolute atomic E-state index is 12.0. The highest BCUT2D eigenvalue weighted by molar-refractivity contribution is 6.33. The molecule has 0 unspecified atom stereocenters. The van der Waals surface area contributed by atoms with E-state index < -0.39 is 16.6 Å². The molecule has 0 aliphatic rings. The molecular weight excluding hydrogens is 284 g/mol. The predicted molar refractivity (Wildman–Crippen MR) is 74.2 cm³/mol. The molecule has 0 saturated carbocycles. The molecule has 0 spiro atoms. The van der Waals surface area contributed by atoms with Crippen LogP contribution in [0.4, 0.5) is 11.4 Å². The first-order valence-electron chi connectivity index (χ1n) is 5.52. The Morgan fingerprint density at radius 3 is 2.50 bits per heavy atom. The SMILES string of the molecule is O=C(Nc1ccccc1)c1cc([N+](=O)[O-])cc(Cl)c1O. The third kappa shape index (κ3) is 2.86. The Morgan fingerprint density at radius 1 is 1.25 bits per heavy atom. The van der Waals surface area contributed by atoms with Gasteiger partial charge in [-0.2, -0.15) is 0 Å². The molecule has 0 atom stereocenters. The second-order valence-electron chi connectivity index (χ2n) is 3.90. The van der Waals surface area contributed by atoms with Crippen molar-refractivity contribution in [2.24, 2.45) is 0 Å². The molecule has 2 aromatic rings. The van der Waals surface area contributed by atoms with Gasteiger partial charge in [0.1, 0.15) is 5.75 Å². The number of nitro benzene ring substituents is 1. The molecule has 0 aliphatic heterocycles. The van der Waals surface area contributed by atoms with E-state index >= 15 is 0 Å². The fourth-order valence-electron chi connectivity index (χ4n) is 1.58. The van der Waals surface area contributed by atoms with Crippen LogP contribution in [0, 0.1) is 10.1 Å². The molecular formula is C13H9ClN2O4. The molecule has 6 nitrogen and oxygen atoms in total. The van der Waals surface area contributed by atoms with Gasteiger partial charge in [0.25, 0.3) is 11.6 Å². The number of aromatic hydroxyl groups is 1. The van der Waals surface area contributed by atoms with Gasteiger partial charge in [-0.25, -0.2) is 0 Å². The largest absolute Gasteiger partial charge is 0.506 e. The fourth-order valence-corrected chi connectivity index (χ4v) is 1.80. The lowest BCUT2D eigenvalue weighted by Crippen LogP contribution is -2.12. The molecule has 2 rings (SSSR count). The number of hydrogen-bond acceptors (Lipinski definition) is 4. The van der Waals surface area contributed by atoms with Gasteiger partial charge in [-0.1, -0.05) is 29.8 Å². The number of carbonyl (C=O) groups is 1. The average molecular weight is 293 g/mol. The number of rotatable bonds is 3. The Hall–Kier alpha value is -2.60. The van der Waals surface area contributed by atoms with Gasteiger partial charge in [-0.3, -0.25) is 14.9 Å². The summed E-state index contributed by atoms with van der Waals surface area (Å²) in [6.45, 7) is 0. The summed E-state index contributed by atoms with van der Waals surface area (Å²) in [5, 5.41) is 22.7. The van der Waals surface area contributed by atoms with Gasteiger partial charge in [0.05, 0.1) is 15.5 Å². The second-order valence-corrected chi connectivity index (χ2v) is 4.31. The molecule has 1 amide bonds. The molecule has 7 heteroatoms. The number of non-ortho nitro benzene ring substituents is 1. The number of amides is 1. The van der Waals surface area contributed by atoms with Crippen molar-refractivity contribution < 1.29 is 14.8 Å². The Balaban J connectivity index is 2.36. The van der Waals surface area contributed by atoms with Gasteiger partial charge in [-0.05, 0) is 12.1 Å². The number of nitrogens with one attached hydrogen (secondary N) is 1. The lowest BCUT2D eigenvalue weighted by molar-refractivity contribution is -0.384. The van der Waals surface area contributed by atoms with E-state index in [1.165, 1.54) is 0 Å². The first-order chi connectivity index (χ1) is 9.49. The minimum Gasteiger partial charge on any atom is -0.506 e. The molecule has 0 fully saturated rings. The summed E-state index contributed by atoms with van der Waals surface area (Å²) in [5.41, 5.74) is -0.126. The summed E-state index contributed by atoms with van der Waals surface area (Å²) in [5.74, 6) is -1.18. The molecule has 0 aromatic heterocycles. The zero-order valence-electron chi connectivity index (χ0n) is 10.0. The van der Waals surface area contributed by atoms with Crippen molar-refractivity contribution in [1.82, 2.24) is 0 Å². The van der Waals surface area contributed by atoms with Crippen LogP contribution in [0.3, 0.4) is 0 Å². The van der Waals surface area contributed by atoms with Crippen molar-refractivity contribution in [3.8, 4) is 5.75 Å². The quantitative estimate of drug-likeness (QED) is 0.671. The standard InChI is InChI=1S/C13H9ClN2O4/c14-11-7-9(16(19)20)6-10(12(11)17)13(18)15-8-4-2-1-3-5-8/h1-7,17H,(H,15,18). The van der Waals surface area contributed by atoms with Crippen LogP contribution in [0.25, 0.3) is 0 Å². The lowest BCUT2D eigenvalue weighted by Gasteiger charge is -2.07. The highest BCUT2D eigenvalue weighted by atomic mass is 35.5. The minimum absolute atomic E-state index is 0.252. The number of phenols is 1. The number of nitrogens with zero attached hydrogens (tertiary/aromatic N) is 1. The molecule has 0 aliphatic carbocycles. The van der Waals surface area contributed by atoms with Gasteiger partial charge >= 0.3 is 0 Å². The van der Waals surface area contributed by atoms with Gasteiger partial charge in [-0.15, -0.1) is 0 Å². The molecule has 2 N–H and O–H groups in total. The number of halogens is 1. The Kier molecular flexibility index (Phi) is 3.86. The van der Waals surface area contributed by atoms with Gasteiger partial charge < -0.3 is 10.4 Å². The maximum Gasteiger partial charge on any atom is 0.271 e. The van der Waals surface area contributed by atoms with Gasteiger partial charge in [0.15, 0.2) is 0 Å². The summed E-state index contributed by atoms with van der Waals surface area (Å²) < 4.78 is 0. The number of carbonyl (C=O) groups excluding carboxylic acids is 1. The van der Waals surface area contributed by atoms with Crippen molar-refractivity contribution in [2.75, 3.05) is 5.32 Å². The highest BCUT2D eigenvalue weighted by Crippen LogP contribution is 2.32. The molecule has 102 valence electrons. The van der Waals surface area contributed by atoms with E-state index in [0.717, 1.165) is 12.1 Å². The molecule has 20 heavy (non-hydrogen) atoms. The highest BCUT2D eigenvalue weighted by Gasteiger charge is 2.20. The number of nitro groups is 1. The second kappa shape index (κ2) is 5.58. The van der Waals surface area contributed by atoms with E-state index in [1.807, 2.05) is 0 Å². The van der Waals surface area contributed by atoms with E-state index in [4.69, 9.17) is 11.6 Å². The van der Waals surface area contributed by atoms with Crippen molar-refractivity contribution in [3.63, 3.8) is 0 Å². The number of benzene rings is 2. The van der Waals surface area contributed by atoms with E-state index in [9.17, 15) is 20.0 Å². The molecule has 0 radical (unpaired) electrons. The number of anilines is 1. The number of hydrogen-bond donors (Lipinski definition) is 2. The molecule has 0 bridgehead atoms. The van der Waals surface area contributed by atoms with Crippen LogP contribution in [0.2, 0.25) is 5.02 Å². The Morgan fingerprint density at radius 2 is 1.90 bits per heavy atom. The maximum atomic E-state index is 12.0. The van der Waals surface area contributed by atoms with E-state index in [-0.39, 0.29) is 16.3 Å². The lowest BCUT2D eigenvalue weighted by atomic mass is 10.1. The average Bonchev–Trinajstić information content (AvgIpc) is 2.42. The Bertz CT molecular complexity index is 674. The van der Waals surface area contributed by atoms with Crippen LogP contribution in [0.1, 0.15) is 10.4 Å². The van der Waals surface area contributed by atoms with Crippen LogP contribution in [-0.2, 0) is 0 Å². The normalized spacial score (nSPS) is 10.1. The van der Waals surface area contributed by atoms with Crippen LogP contribution in [-0.4, -0.2) is 15.9 Å². The van der Waals surface area contributed by atoms with E-state index in [2.05, 4.69) is 5.32 Å². The van der Waals surface area contributed by atoms with Gasteiger partial charge in [0.2, 0.25) is 0 Å². The van der Waals surface area contributed by atoms with Crippen molar-refractivity contribution in [1.29, 1.82) is 0 Å². The van der Waals surface area contributed by atoms with Crippen molar-refractivity contribution in [2.45, 2.75) is 0 Å². The smallest absolute Gasteiger partial charge is 0.271 e. The summed E-state index contributed by atoms with van der Waals surface area (Å²) in [7, 11) is 0. The van der Waals surface area contributed by atoms with Crippen LogP contribution >= 0.6 is 11.6 Å². The number of para-hydroxylation sites is 1. The predicted octanol–water partition coefficient (Wildman–Crippen LogP) is 3.21. The van der Waals surface area contributed by atoms with Crippen molar-refractivity contribution in [3.05, 3.63) is 63.2 Å². The Labute approximate surface area is 118 Å².